The first-order chi connectivity index (χ1) is 11.0. The van der Waals surface area contributed by atoms with E-state index in [4.69, 9.17) is 44.3 Å². The number of halogens is 3. The Kier molecular flexibility index (Phi) is 4.80. The van der Waals surface area contributed by atoms with Gasteiger partial charge in [-0.15, -0.1) is 0 Å². The van der Waals surface area contributed by atoms with E-state index in [-0.39, 0.29) is 21.4 Å². The van der Waals surface area contributed by atoms with Crippen LogP contribution < -0.4 is 14.8 Å². The predicted octanol–water partition coefficient (Wildman–Crippen LogP) is 4.46. The van der Waals surface area contributed by atoms with Gasteiger partial charge in [-0.25, -0.2) is 9.78 Å². The first-order valence-corrected chi connectivity index (χ1v) is 7.91. The van der Waals surface area contributed by atoms with Crippen LogP contribution in [0.1, 0.15) is 16.8 Å². The molecule has 0 aliphatic carbocycles. The van der Waals surface area contributed by atoms with Gasteiger partial charge < -0.3 is 14.8 Å². The standard InChI is InChI=1S/C15H11Cl3N2O3/c16-9-5-10(17)13(11(18)6-9)23-15(21)8-4-12-14(20-7-8)19-2-1-3-22-12/h4-7H,1-3H2,(H,19,20). The third-order valence-electron chi connectivity index (χ3n) is 3.12. The summed E-state index contributed by atoms with van der Waals surface area (Å²) in [6, 6.07) is 4.46. The molecule has 120 valence electrons. The van der Waals surface area contributed by atoms with Crippen LogP contribution in [-0.2, 0) is 0 Å². The highest BCUT2D eigenvalue weighted by Crippen LogP contribution is 2.36. The van der Waals surface area contributed by atoms with Gasteiger partial charge in [0, 0.05) is 23.8 Å². The molecule has 1 aromatic heterocycles. The fourth-order valence-electron chi connectivity index (χ4n) is 2.04. The van der Waals surface area contributed by atoms with Gasteiger partial charge in [0.05, 0.1) is 22.2 Å². The lowest BCUT2D eigenvalue weighted by atomic mass is 10.2. The molecule has 8 heteroatoms. The minimum Gasteiger partial charge on any atom is -0.490 e. The molecule has 0 fully saturated rings. The van der Waals surface area contributed by atoms with Crippen molar-refractivity contribution in [3.05, 3.63) is 45.0 Å². The molecular weight excluding hydrogens is 363 g/mol. The molecule has 23 heavy (non-hydrogen) atoms. The number of benzene rings is 1. The summed E-state index contributed by atoms with van der Waals surface area (Å²) in [7, 11) is 0. The van der Waals surface area contributed by atoms with Crippen molar-refractivity contribution in [1.82, 2.24) is 4.98 Å². The number of hydrogen-bond donors (Lipinski definition) is 1. The molecule has 1 N–H and O–H groups in total. The van der Waals surface area contributed by atoms with Gasteiger partial charge in [0.25, 0.3) is 0 Å². The largest absolute Gasteiger partial charge is 0.490 e. The van der Waals surface area contributed by atoms with Crippen molar-refractivity contribution in [2.75, 3.05) is 18.5 Å². The van der Waals surface area contributed by atoms with Crippen LogP contribution in [0.2, 0.25) is 15.1 Å². The number of nitrogens with one attached hydrogen (secondary N) is 1. The molecule has 5 nitrogen and oxygen atoms in total. The number of rotatable bonds is 2. The van der Waals surface area contributed by atoms with Crippen LogP contribution >= 0.6 is 34.8 Å². The van der Waals surface area contributed by atoms with Crippen LogP contribution in [0.25, 0.3) is 0 Å². The van der Waals surface area contributed by atoms with Crippen molar-refractivity contribution in [3.63, 3.8) is 0 Å². The molecule has 0 spiro atoms. The van der Waals surface area contributed by atoms with Crippen molar-refractivity contribution in [1.29, 1.82) is 0 Å². The molecule has 1 aromatic carbocycles. The number of carbonyl (C=O) groups excluding carboxylic acids is 1. The monoisotopic (exact) mass is 372 g/mol. The van der Waals surface area contributed by atoms with E-state index >= 15 is 0 Å². The lowest BCUT2D eigenvalue weighted by molar-refractivity contribution is 0.0734. The van der Waals surface area contributed by atoms with E-state index in [1.165, 1.54) is 18.3 Å². The van der Waals surface area contributed by atoms with E-state index in [1.54, 1.807) is 6.07 Å². The maximum Gasteiger partial charge on any atom is 0.345 e. The van der Waals surface area contributed by atoms with Gasteiger partial charge in [-0.1, -0.05) is 34.8 Å². The Hall–Kier alpha value is -1.69. The van der Waals surface area contributed by atoms with Gasteiger partial charge in [-0.05, 0) is 18.6 Å². The van der Waals surface area contributed by atoms with Crippen LogP contribution in [0.3, 0.4) is 0 Å². The summed E-state index contributed by atoms with van der Waals surface area (Å²) in [5, 5.41) is 3.77. The van der Waals surface area contributed by atoms with E-state index in [0.29, 0.717) is 23.2 Å². The van der Waals surface area contributed by atoms with Crippen LogP contribution in [0.4, 0.5) is 5.82 Å². The highest BCUT2D eigenvalue weighted by atomic mass is 35.5. The minimum atomic E-state index is -0.640. The summed E-state index contributed by atoms with van der Waals surface area (Å²) < 4.78 is 10.8. The zero-order valence-corrected chi connectivity index (χ0v) is 14.0. The first-order valence-electron chi connectivity index (χ1n) is 6.78. The van der Waals surface area contributed by atoms with Gasteiger partial charge in [0.1, 0.15) is 0 Å². The van der Waals surface area contributed by atoms with Gasteiger partial charge in [0.15, 0.2) is 17.3 Å². The fraction of sp³-hybridized carbons (Fsp3) is 0.200. The number of aromatic nitrogens is 1. The lowest BCUT2D eigenvalue weighted by Gasteiger charge is -2.11. The Morgan fingerprint density at radius 2 is 1.96 bits per heavy atom. The summed E-state index contributed by atoms with van der Waals surface area (Å²) >= 11 is 17.8. The van der Waals surface area contributed by atoms with E-state index < -0.39 is 5.97 Å². The molecule has 0 unspecified atom stereocenters. The number of nitrogens with zero attached hydrogens (tertiary/aromatic N) is 1. The number of ether oxygens (including phenoxy) is 2. The molecule has 2 heterocycles. The van der Waals surface area contributed by atoms with E-state index in [9.17, 15) is 4.79 Å². The maximum atomic E-state index is 12.3. The van der Waals surface area contributed by atoms with Crippen molar-refractivity contribution >= 4 is 46.6 Å². The molecule has 0 amide bonds. The van der Waals surface area contributed by atoms with E-state index in [0.717, 1.165) is 13.0 Å². The highest BCUT2D eigenvalue weighted by Gasteiger charge is 2.18. The smallest absolute Gasteiger partial charge is 0.345 e. The van der Waals surface area contributed by atoms with E-state index in [1.807, 2.05) is 0 Å². The molecule has 0 saturated heterocycles. The third-order valence-corrected chi connectivity index (χ3v) is 3.90. The first kappa shape index (κ1) is 16.2. The molecule has 3 rings (SSSR count). The van der Waals surface area contributed by atoms with Gasteiger partial charge >= 0.3 is 5.97 Å². The minimum absolute atomic E-state index is 0.0525. The fourth-order valence-corrected chi connectivity index (χ4v) is 2.93. The second-order valence-electron chi connectivity index (χ2n) is 4.79. The average molecular weight is 374 g/mol. The zero-order valence-electron chi connectivity index (χ0n) is 11.7. The van der Waals surface area contributed by atoms with Crippen LogP contribution in [0.15, 0.2) is 24.4 Å². The molecule has 0 saturated carbocycles. The molecule has 2 aromatic rings. The predicted molar refractivity (Wildman–Crippen MR) is 89.3 cm³/mol. The molecule has 1 aliphatic rings. The number of pyridine rings is 1. The normalized spacial score (nSPS) is 13.3. The summed E-state index contributed by atoms with van der Waals surface area (Å²) in [5.74, 6) is 0.517. The average Bonchev–Trinajstić information content (AvgIpc) is 2.75. The quantitative estimate of drug-likeness (QED) is 0.622. The number of fused-ring (bicyclic) bond motifs is 1. The third kappa shape index (κ3) is 3.63. The van der Waals surface area contributed by atoms with E-state index in [2.05, 4.69) is 10.3 Å². The molecular formula is C15H11Cl3N2O3. The van der Waals surface area contributed by atoms with Crippen LogP contribution in [0, 0.1) is 0 Å². The maximum absolute atomic E-state index is 12.3. The number of esters is 1. The van der Waals surface area contributed by atoms with Gasteiger partial charge in [-0.3, -0.25) is 0 Å². The Labute approximate surface area is 147 Å². The van der Waals surface area contributed by atoms with Gasteiger partial charge in [-0.2, -0.15) is 0 Å². The summed E-state index contributed by atoms with van der Waals surface area (Å²) in [5.41, 5.74) is 0.231. The van der Waals surface area contributed by atoms with Crippen LogP contribution in [0.5, 0.6) is 11.5 Å². The SMILES string of the molecule is O=C(Oc1c(Cl)cc(Cl)cc1Cl)c1cnc2c(c1)OCCCN2. The Morgan fingerprint density at radius 3 is 2.70 bits per heavy atom. The topological polar surface area (TPSA) is 60.5 Å². The highest BCUT2D eigenvalue weighted by molar-refractivity contribution is 6.40. The Morgan fingerprint density at radius 1 is 1.22 bits per heavy atom. The lowest BCUT2D eigenvalue weighted by Crippen LogP contribution is -2.10. The van der Waals surface area contributed by atoms with Crippen LogP contribution in [-0.4, -0.2) is 24.1 Å². The molecule has 0 atom stereocenters. The Balaban J connectivity index is 1.85. The Bertz CT molecular complexity index is 745. The summed E-state index contributed by atoms with van der Waals surface area (Å²) in [6.07, 6.45) is 2.26. The molecule has 1 aliphatic heterocycles. The second kappa shape index (κ2) is 6.83. The second-order valence-corrected chi connectivity index (χ2v) is 6.04. The summed E-state index contributed by atoms with van der Waals surface area (Å²) in [6.45, 7) is 1.31. The van der Waals surface area contributed by atoms with Crippen molar-refractivity contribution < 1.29 is 14.3 Å². The molecule has 0 bridgehead atoms. The zero-order chi connectivity index (χ0) is 16.4. The van der Waals surface area contributed by atoms with Crippen molar-refractivity contribution in [2.24, 2.45) is 0 Å². The number of carbonyl (C=O) groups is 1. The van der Waals surface area contributed by atoms with Gasteiger partial charge in [0.2, 0.25) is 0 Å². The number of anilines is 1. The van der Waals surface area contributed by atoms with Crippen molar-refractivity contribution in [3.8, 4) is 11.5 Å². The van der Waals surface area contributed by atoms with Crippen molar-refractivity contribution in [2.45, 2.75) is 6.42 Å². The molecule has 0 radical (unpaired) electrons. The number of hydrogen-bond acceptors (Lipinski definition) is 5. The summed E-state index contributed by atoms with van der Waals surface area (Å²) in [4.78, 5) is 16.5.